The van der Waals surface area contributed by atoms with Crippen molar-refractivity contribution in [2.45, 2.75) is 6.42 Å². The van der Waals surface area contributed by atoms with Gasteiger partial charge >= 0.3 is 5.97 Å². The van der Waals surface area contributed by atoms with Crippen LogP contribution in [0.2, 0.25) is 5.02 Å². The minimum absolute atomic E-state index is 0.00599. The van der Waals surface area contributed by atoms with E-state index in [0.717, 1.165) is 0 Å². The lowest BCUT2D eigenvalue weighted by Gasteiger charge is -2.12. The van der Waals surface area contributed by atoms with E-state index in [0.29, 0.717) is 18.5 Å². The molecule has 0 aliphatic rings. The Balaban J connectivity index is 2.13. The highest BCUT2D eigenvalue weighted by Crippen LogP contribution is 2.29. The minimum Gasteiger partial charge on any atom is -0.478 e. The predicted molar refractivity (Wildman–Crippen MR) is 81.4 cm³/mol. The molecule has 0 heterocycles. The van der Waals surface area contributed by atoms with Crippen LogP contribution in [0, 0.1) is 5.82 Å². The van der Waals surface area contributed by atoms with E-state index in [1.165, 1.54) is 18.2 Å². The molecule has 6 heteroatoms. The summed E-state index contributed by atoms with van der Waals surface area (Å²) in [6.07, 6.45) is 0.409. The minimum atomic E-state index is -1.13. The number of rotatable bonds is 5. The predicted octanol–water partition coefficient (Wildman–Crippen LogP) is 3.41. The lowest BCUT2D eigenvalue weighted by atomic mass is 10.1. The van der Waals surface area contributed by atoms with Crippen molar-refractivity contribution in [1.29, 1.82) is 0 Å². The summed E-state index contributed by atoms with van der Waals surface area (Å²) in [6.45, 7) is 0.352. The van der Waals surface area contributed by atoms with Crippen LogP contribution in [0.4, 0.5) is 15.8 Å². The van der Waals surface area contributed by atoms with E-state index in [9.17, 15) is 9.18 Å². The van der Waals surface area contributed by atoms with Crippen LogP contribution in [0.25, 0.3) is 0 Å². The zero-order valence-corrected chi connectivity index (χ0v) is 11.8. The Labute approximate surface area is 126 Å². The maximum absolute atomic E-state index is 13.5. The molecule has 2 aromatic carbocycles. The van der Waals surface area contributed by atoms with Gasteiger partial charge in [0.05, 0.1) is 16.3 Å². The standard InChI is InChI=1S/C15H14ClFN2O2/c16-12-8-10(18)7-11(15(20)21)14(12)19-6-5-9-3-1-2-4-13(9)17/h1-4,7-8,19H,5-6,18H2,(H,20,21). The molecule has 0 bridgehead atoms. The van der Waals surface area contributed by atoms with Crippen LogP contribution in [-0.2, 0) is 6.42 Å². The number of carboxylic acid groups (broad SMARTS) is 1. The highest BCUT2D eigenvalue weighted by molar-refractivity contribution is 6.34. The molecule has 4 nitrogen and oxygen atoms in total. The maximum atomic E-state index is 13.5. The SMILES string of the molecule is Nc1cc(Cl)c(NCCc2ccccc2F)c(C(=O)O)c1. The molecule has 2 aromatic rings. The number of nitrogens with two attached hydrogens (primary N) is 1. The van der Waals surface area contributed by atoms with Crippen molar-refractivity contribution in [2.75, 3.05) is 17.6 Å². The van der Waals surface area contributed by atoms with Gasteiger partial charge < -0.3 is 16.2 Å². The quantitative estimate of drug-likeness (QED) is 0.740. The molecule has 0 atom stereocenters. The van der Waals surface area contributed by atoms with Gasteiger partial charge in [-0.15, -0.1) is 0 Å². The van der Waals surface area contributed by atoms with Crippen molar-refractivity contribution in [2.24, 2.45) is 0 Å². The Kier molecular flexibility index (Phi) is 4.65. The number of benzene rings is 2. The van der Waals surface area contributed by atoms with Gasteiger partial charge in [-0.25, -0.2) is 9.18 Å². The molecule has 2 rings (SSSR count). The largest absolute Gasteiger partial charge is 0.478 e. The molecule has 0 amide bonds. The topological polar surface area (TPSA) is 75.3 Å². The van der Waals surface area contributed by atoms with Gasteiger partial charge in [0.2, 0.25) is 0 Å². The average Bonchev–Trinajstić information content (AvgIpc) is 2.42. The van der Waals surface area contributed by atoms with Crippen LogP contribution in [0.1, 0.15) is 15.9 Å². The first kappa shape index (κ1) is 15.1. The fourth-order valence-electron chi connectivity index (χ4n) is 2.00. The number of hydrogen-bond acceptors (Lipinski definition) is 3. The summed E-state index contributed by atoms with van der Waals surface area (Å²) in [5.41, 5.74) is 6.69. The van der Waals surface area contributed by atoms with E-state index in [1.54, 1.807) is 18.2 Å². The highest BCUT2D eigenvalue weighted by Gasteiger charge is 2.14. The van der Waals surface area contributed by atoms with Crippen molar-refractivity contribution in [3.63, 3.8) is 0 Å². The zero-order valence-electron chi connectivity index (χ0n) is 11.1. The number of halogens is 2. The number of nitrogen functional groups attached to an aromatic ring is 1. The van der Waals surface area contributed by atoms with Crippen LogP contribution in [-0.4, -0.2) is 17.6 Å². The molecule has 0 unspecified atom stereocenters. The first-order chi connectivity index (χ1) is 9.99. The van der Waals surface area contributed by atoms with Crippen molar-refractivity contribution in [3.05, 3.63) is 58.4 Å². The smallest absolute Gasteiger partial charge is 0.337 e. The average molecular weight is 309 g/mol. The molecule has 0 fully saturated rings. The molecule has 4 N–H and O–H groups in total. The van der Waals surface area contributed by atoms with Crippen LogP contribution in [0.3, 0.4) is 0 Å². The lowest BCUT2D eigenvalue weighted by molar-refractivity contribution is 0.0698. The second-order valence-electron chi connectivity index (χ2n) is 4.50. The molecule has 0 aromatic heterocycles. The van der Waals surface area contributed by atoms with Crippen molar-refractivity contribution in [3.8, 4) is 0 Å². The number of carboxylic acids is 1. The van der Waals surface area contributed by atoms with E-state index in [1.807, 2.05) is 0 Å². The maximum Gasteiger partial charge on any atom is 0.337 e. The molecule has 21 heavy (non-hydrogen) atoms. The summed E-state index contributed by atoms with van der Waals surface area (Å²) >= 11 is 6.01. The summed E-state index contributed by atoms with van der Waals surface area (Å²) in [6, 6.07) is 9.23. The molecule has 0 saturated heterocycles. The monoisotopic (exact) mass is 308 g/mol. The third-order valence-electron chi connectivity index (χ3n) is 3.00. The van der Waals surface area contributed by atoms with Gasteiger partial charge in [-0.05, 0) is 30.2 Å². The summed E-state index contributed by atoms with van der Waals surface area (Å²) in [7, 11) is 0. The Morgan fingerprint density at radius 2 is 2.05 bits per heavy atom. The van der Waals surface area contributed by atoms with Crippen LogP contribution >= 0.6 is 11.6 Å². The first-order valence-corrected chi connectivity index (χ1v) is 6.66. The van der Waals surface area contributed by atoms with Gasteiger partial charge in [-0.1, -0.05) is 29.8 Å². The van der Waals surface area contributed by atoms with Gasteiger partial charge in [0.1, 0.15) is 5.82 Å². The molecular weight excluding hydrogens is 295 g/mol. The Morgan fingerprint density at radius 3 is 2.71 bits per heavy atom. The summed E-state index contributed by atoms with van der Waals surface area (Å²) in [5, 5.41) is 12.3. The fourth-order valence-corrected chi connectivity index (χ4v) is 2.29. The summed E-state index contributed by atoms with van der Waals surface area (Å²) in [4.78, 5) is 11.2. The second-order valence-corrected chi connectivity index (χ2v) is 4.91. The van der Waals surface area contributed by atoms with Crippen LogP contribution in [0.15, 0.2) is 36.4 Å². The molecule has 110 valence electrons. The molecular formula is C15H14ClFN2O2. The van der Waals surface area contributed by atoms with Crippen molar-refractivity contribution < 1.29 is 14.3 Å². The Hall–Kier alpha value is -2.27. The Morgan fingerprint density at radius 1 is 1.33 bits per heavy atom. The summed E-state index contributed by atoms with van der Waals surface area (Å²) in [5.74, 6) is -1.42. The van der Waals surface area contributed by atoms with E-state index >= 15 is 0 Å². The fraction of sp³-hybridized carbons (Fsp3) is 0.133. The van der Waals surface area contributed by atoms with Gasteiger partial charge in [0.15, 0.2) is 0 Å². The summed E-state index contributed by atoms with van der Waals surface area (Å²) < 4.78 is 13.5. The molecule has 0 aliphatic heterocycles. The van der Waals surface area contributed by atoms with Crippen molar-refractivity contribution in [1.82, 2.24) is 0 Å². The van der Waals surface area contributed by atoms with E-state index in [4.69, 9.17) is 22.4 Å². The second kappa shape index (κ2) is 6.45. The van der Waals surface area contributed by atoms with Gasteiger partial charge in [0, 0.05) is 12.2 Å². The molecule has 0 saturated carbocycles. The molecule has 0 aliphatic carbocycles. The lowest BCUT2D eigenvalue weighted by Crippen LogP contribution is -2.11. The Bertz CT molecular complexity index is 677. The van der Waals surface area contributed by atoms with Crippen LogP contribution in [0.5, 0.6) is 0 Å². The van der Waals surface area contributed by atoms with E-state index in [2.05, 4.69) is 5.32 Å². The number of hydrogen-bond donors (Lipinski definition) is 3. The van der Waals surface area contributed by atoms with Gasteiger partial charge in [-0.2, -0.15) is 0 Å². The van der Waals surface area contributed by atoms with E-state index in [-0.39, 0.29) is 27.8 Å². The normalized spacial score (nSPS) is 10.4. The number of carbonyl (C=O) groups is 1. The molecule has 0 spiro atoms. The van der Waals surface area contributed by atoms with Gasteiger partial charge in [0.25, 0.3) is 0 Å². The van der Waals surface area contributed by atoms with Gasteiger partial charge in [-0.3, -0.25) is 0 Å². The third kappa shape index (κ3) is 3.64. The van der Waals surface area contributed by atoms with Crippen LogP contribution < -0.4 is 11.1 Å². The number of aromatic carboxylic acids is 1. The third-order valence-corrected chi connectivity index (χ3v) is 3.30. The number of anilines is 2. The van der Waals surface area contributed by atoms with E-state index < -0.39 is 5.97 Å². The zero-order chi connectivity index (χ0) is 15.4. The highest BCUT2D eigenvalue weighted by atomic mass is 35.5. The molecule has 0 radical (unpaired) electrons. The first-order valence-electron chi connectivity index (χ1n) is 6.28. The van der Waals surface area contributed by atoms with Crippen molar-refractivity contribution >= 4 is 28.9 Å². The number of nitrogens with one attached hydrogen (secondary N) is 1.